The van der Waals surface area contributed by atoms with Gasteiger partial charge in [0.05, 0.1) is 6.10 Å². The van der Waals surface area contributed by atoms with Crippen molar-refractivity contribution in [3.63, 3.8) is 0 Å². The number of rotatable bonds is 19. The molecule has 2 atom stereocenters. The van der Waals surface area contributed by atoms with Crippen LogP contribution in [0, 0.1) is 5.92 Å². The van der Waals surface area contributed by atoms with Crippen LogP contribution >= 0.6 is 0 Å². The van der Waals surface area contributed by atoms with E-state index in [0.29, 0.717) is 5.92 Å². The van der Waals surface area contributed by atoms with Crippen LogP contribution in [0.15, 0.2) is 60.7 Å². The summed E-state index contributed by atoms with van der Waals surface area (Å²) in [5.74, 6) is 0.429. The van der Waals surface area contributed by atoms with Crippen molar-refractivity contribution in [1.82, 2.24) is 0 Å². The Labute approximate surface area is 223 Å². The fourth-order valence-electron chi connectivity index (χ4n) is 6.00. The van der Waals surface area contributed by atoms with Gasteiger partial charge in [-0.3, -0.25) is 0 Å². The molecule has 2 rings (SSSR count). The van der Waals surface area contributed by atoms with Gasteiger partial charge < -0.3 is 9.90 Å². The summed E-state index contributed by atoms with van der Waals surface area (Å²) in [6, 6.07) is 20.8. The predicted molar refractivity (Wildman–Crippen MR) is 160 cm³/mol. The molecule has 0 saturated heterocycles. The standard InChI is InChI=1S/C33H54O2Si/c1-5-7-9-11-15-21-29(27-30(34)22-16-12-10-8-6-2)28-33(3,4)36(35,31-23-17-13-18-24-31)32-25-19-14-20-26-32/h13-14,17-20,23-26,29-30,34-35H,5-12,15-16,21-22,27-28H2,1-4H3. The molecule has 202 valence electrons. The molecule has 0 spiro atoms. The van der Waals surface area contributed by atoms with Gasteiger partial charge in [0, 0.05) is 0 Å². The summed E-state index contributed by atoms with van der Waals surface area (Å²) >= 11 is 0. The molecule has 2 aromatic rings. The van der Waals surface area contributed by atoms with Gasteiger partial charge in [-0.25, -0.2) is 0 Å². The van der Waals surface area contributed by atoms with Gasteiger partial charge in [0.2, 0.25) is 0 Å². The molecule has 2 unspecified atom stereocenters. The minimum absolute atomic E-state index is 0.230. The molecule has 0 fully saturated rings. The summed E-state index contributed by atoms with van der Waals surface area (Å²) in [6.45, 7) is 9.07. The van der Waals surface area contributed by atoms with Crippen LogP contribution in [0.25, 0.3) is 0 Å². The van der Waals surface area contributed by atoms with Crippen molar-refractivity contribution in [2.75, 3.05) is 0 Å². The molecule has 0 radical (unpaired) electrons. The van der Waals surface area contributed by atoms with Gasteiger partial charge in [-0.1, -0.05) is 159 Å². The summed E-state index contributed by atoms with van der Waals surface area (Å²) < 4.78 is 0. The normalized spacial score (nSPS) is 14.1. The van der Waals surface area contributed by atoms with Crippen molar-refractivity contribution >= 4 is 18.7 Å². The number of hydrogen-bond acceptors (Lipinski definition) is 2. The molecule has 36 heavy (non-hydrogen) atoms. The molecule has 2 nitrogen and oxygen atoms in total. The summed E-state index contributed by atoms with van der Waals surface area (Å²) in [7, 11) is -3.03. The van der Waals surface area contributed by atoms with Gasteiger partial charge in [0.1, 0.15) is 0 Å². The summed E-state index contributed by atoms with van der Waals surface area (Å²) in [6.07, 6.45) is 16.2. The average molecular weight is 511 g/mol. The van der Waals surface area contributed by atoms with Gasteiger partial charge in [0.15, 0.2) is 0 Å². The van der Waals surface area contributed by atoms with E-state index in [0.717, 1.165) is 42.5 Å². The lowest BCUT2D eigenvalue weighted by atomic mass is 9.86. The Morgan fingerprint density at radius 3 is 1.58 bits per heavy atom. The second kappa shape index (κ2) is 16.4. The van der Waals surface area contributed by atoms with Crippen LogP contribution in [0.2, 0.25) is 5.04 Å². The molecule has 0 saturated carbocycles. The summed E-state index contributed by atoms with van der Waals surface area (Å²) in [4.78, 5) is 12.6. The average Bonchev–Trinajstić information content (AvgIpc) is 2.88. The maximum atomic E-state index is 12.6. The Morgan fingerprint density at radius 2 is 1.11 bits per heavy atom. The molecular formula is C33H54O2Si. The fraction of sp³-hybridized carbons (Fsp3) is 0.636. The summed E-state index contributed by atoms with van der Waals surface area (Å²) in [5.41, 5.74) is 0. The quantitative estimate of drug-likeness (QED) is 0.148. The van der Waals surface area contributed by atoms with Crippen molar-refractivity contribution in [1.29, 1.82) is 0 Å². The minimum atomic E-state index is -3.03. The lowest BCUT2D eigenvalue weighted by Crippen LogP contribution is -2.65. The van der Waals surface area contributed by atoms with Crippen LogP contribution in [0.4, 0.5) is 0 Å². The SMILES string of the molecule is CCCCCCCC(O)CC(CCCCCCC)CC(C)(C)[Si](O)(c1ccccc1)c1ccccc1. The highest BCUT2D eigenvalue weighted by atomic mass is 28.4. The van der Waals surface area contributed by atoms with Gasteiger partial charge in [-0.15, -0.1) is 0 Å². The second-order valence-electron chi connectivity index (χ2n) is 11.7. The Bertz CT molecular complexity index is 765. The van der Waals surface area contributed by atoms with Gasteiger partial charge in [0.25, 0.3) is 8.32 Å². The molecule has 0 aliphatic carbocycles. The zero-order chi connectivity index (χ0) is 26.3. The molecule has 0 heterocycles. The monoisotopic (exact) mass is 510 g/mol. The van der Waals surface area contributed by atoms with Crippen LogP contribution in [0.3, 0.4) is 0 Å². The molecule has 2 N–H and O–H groups in total. The van der Waals surface area contributed by atoms with Crippen LogP contribution in [0.5, 0.6) is 0 Å². The van der Waals surface area contributed by atoms with Crippen LogP contribution in [-0.4, -0.2) is 24.3 Å². The smallest absolute Gasteiger partial charge is 0.258 e. The third-order valence-corrected chi connectivity index (χ3v) is 12.6. The molecule has 0 amide bonds. The van der Waals surface area contributed by atoms with Crippen molar-refractivity contribution in [3.8, 4) is 0 Å². The highest BCUT2D eigenvalue weighted by molar-refractivity contribution is 6.98. The zero-order valence-electron chi connectivity index (χ0n) is 23.7. The molecule has 0 aromatic heterocycles. The van der Waals surface area contributed by atoms with Crippen LogP contribution in [0.1, 0.15) is 118 Å². The number of aliphatic hydroxyl groups excluding tert-OH is 1. The lowest BCUT2D eigenvalue weighted by Gasteiger charge is -2.43. The minimum Gasteiger partial charge on any atom is -0.424 e. The van der Waals surface area contributed by atoms with E-state index < -0.39 is 8.32 Å². The Kier molecular flexibility index (Phi) is 14.1. The molecule has 2 aromatic carbocycles. The second-order valence-corrected chi connectivity index (χ2v) is 15.6. The first kappa shape index (κ1) is 30.8. The fourth-order valence-corrected chi connectivity index (χ4v) is 9.83. The van der Waals surface area contributed by atoms with Crippen LogP contribution < -0.4 is 10.4 Å². The maximum Gasteiger partial charge on any atom is 0.258 e. The first-order chi connectivity index (χ1) is 17.3. The Hall–Kier alpha value is -1.42. The van der Waals surface area contributed by atoms with E-state index in [1.807, 2.05) is 12.1 Å². The number of unbranched alkanes of at least 4 members (excludes halogenated alkanes) is 8. The van der Waals surface area contributed by atoms with Gasteiger partial charge in [-0.05, 0) is 40.6 Å². The van der Waals surface area contributed by atoms with Crippen LogP contribution in [-0.2, 0) is 0 Å². The zero-order valence-corrected chi connectivity index (χ0v) is 24.7. The third kappa shape index (κ3) is 9.47. The molecule has 0 aliphatic rings. The van der Waals surface area contributed by atoms with E-state index in [2.05, 4.69) is 76.2 Å². The molecule has 0 bridgehead atoms. The number of benzene rings is 2. The Balaban J connectivity index is 2.20. The van der Waals surface area contributed by atoms with Gasteiger partial charge in [-0.2, -0.15) is 0 Å². The van der Waals surface area contributed by atoms with Crippen molar-refractivity contribution < 1.29 is 9.90 Å². The largest absolute Gasteiger partial charge is 0.424 e. The third-order valence-electron chi connectivity index (χ3n) is 8.12. The predicted octanol–water partition coefficient (Wildman–Crippen LogP) is 8.00. The molecular weight excluding hydrogens is 456 g/mol. The molecule has 0 aliphatic heterocycles. The van der Waals surface area contributed by atoms with Crippen molar-refractivity contribution in [3.05, 3.63) is 60.7 Å². The van der Waals surface area contributed by atoms with Crippen molar-refractivity contribution in [2.45, 2.75) is 129 Å². The van der Waals surface area contributed by atoms with E-state index in [4.69, 9.17) is 0 Å². The number of aliphatic hydroxyl groups is 1. The number of hydrogen-bond donors (Lipinski definition) is 2. The highest BCUT2D eigenvalue weighted by Gasteiger charge is 2.50. The first-order valence-corrected chi connectivity index (χ1v) is 16.8. The Morgan fingerprint density at radius 1 is 0.667 bits per heavy atom. The maximum absolute atomic E-state index is 12.6. The topological polar surface area (TPSA) is 40.5 Å². The van der Waals surface area contributed by atoms with E-state index in [-0.39, 0.29) is 11.1 Å². The van der Waals surface area contributed by atoms with E-state index in [1.54, 1.807) is 0 Å². The van der Waals surface area contributed by atoms with Gasteiger partial charge >= 0.3 is 0 Å². The first-order valence-electron chi connectivity index (χ1n) is 14.9. The summed E-state index contributed by atoms with van der Waals surface area (Å²) in [5, 5.41) is 12.9. The lowest BCUT2D eigenvalue weighted by molar-refractivity contribution is 0.120. The van der Waals surface area contributed by atoms with E-state index >= 15 is 0 Å². The van der Waals surface area contributed by atoms with E-state index in [9.17, 15) is 9.90 Å². The molecule has 3 heteroatoms. The van der Waals surface area contributed by atoms with E-state index in [1.165, 1.54) is 57.8 Å². The highest BCUT2D eigenvalue weighted by Crippen LogP contribution is 2.43. The van der Waals surface area contributed by atoms with Crippen molar-refractivity contribution in [2.24, 2.45) is 5.92 Å².